The van der Waals surface area contributed by atoms with Crippen LogP contribution in [-0.2, 0) is 21.4 Å². The summed E-state index contributed by atoms with van der Waals surface area (Å²) >= 11 is 5.95. The highest BCUT2D eigenvalue weighted by molar-refractivity contribution is 7.89. The molecule has 0 saturated carbocycles. The van der Waals surface area contributed by atoms with Gasteiger partial charge in [0.2, 0.25) is 15.9 Å². The molecule has 2 aromatic heterocycles. The standard InChI is InChI=1S/C18H23ClN4O4S/c1-12-15(13(2)27-21-12)11-22(3)18(24)14-6-9-23(10-7-14)28(25,26)16-5-4-8-20-17(16)19/h4-5,8,14H,6-7,9-11H2,1-3H3. The van der Waals surface area contributed by atoms with Gasteiger partial charge in [-0.05, 0) is 38.8 Å². The fraction of sp³-hybridized carbons (Fsp3) is 0.500. The minimum Gasteiger partial charge on any atom is -0.361 e. The Morgan fingerprint density at radius 2 is 2.04 bits per heavy atom. The Kier molecular flexibility index (Phi) is 6.07. The summed E-state index contributed by atoms with van der Waals surface area (Å²) in [5.41, 5.74) is 1.67. The molecule has 1 saturated heterocycles. The molecule has 0 atom stereocenters. The van der Waals surface area contributed by atoms with Crippen molar-refractivity contribution in [2.24, 2.45) is 5.92 Å². The molecule has 10 heteroatoms. The number of aromatic nitrogens is 2. The van der Waals surface area contributed by atoms with Crippen LogP contribution in [0, 0.1) is 19.8 Å². The molecule has 0 spiro atoms. The van der Waals surface area contributed by atoms with E-state index in [1.54, 1.807) is 18.0 Å². The summed E-state index contributed by atoms with van der Waals surface area (Å²) < 4.78 is 32.1. The number of hydrogen-bond acceptors (Lipinski definition) is 6. The van der Waals surface area contributed by atoms with Gasteiger partial charge in [0, 0.05) is 37.8 Å². The average molecular weight is 427 g/mol. The summed E-state index contributed by atoms with van der Waals surface area (Å²) in [6.07, 6.45) is 2.37. The summed E-state index contributed by atoms with van der Waals surface area (Å²) in [6, 6.07) is 2.98. The van der Waals surface area contributed by atoms with Crippen LogP contribution in [0.25, 0.3) is 0 Å². The van der Waals surface area contributed by atoms with Crippen LogP contribution in [0.2, 0.25) is 5.15 Å². The molecule has 2 aromatic rings. The van der Waals surface area contributed by atoms with Gasteiger partial charge in [-0.2, -0.15) is 4.31 Å². The minimum atomic E-state index is -3.72. The summed E-state index contributed by atoms with van der Waals surface area (Å²) in [5.74, 6) is 0.476. The van der Waals surface area contributed by atoms with Gasteiger partial charge in [-0.1, -0.05) is 16.8 Å². The zero-order chi connectivity index (χ0) is 20.5. The molecular weight excluding hydrogens is 404 g/mol. The van der Waals surface area contributed by atoms with Gasteiger partial charge < -0.3 is 9.42 Å². The maximum absolute atomic E-state index is 12.8. The van der Waals surface area contributed by atoms with Crippen LogP contribution < -0.4 is 0 Å². The molecule has 1 aliphatic heterocycles. The molecule has 1 fully saturated rings. The Morgan fingerprint density at radius 1 is 1.36 bits per heavy atom. The fourth-order valence-electron chi connectivity index (χ4n) is 3.40. The zero-order valence-corrected chi connectivity index (χ0v) is 17.6. The topological polar surface area (TPSA) is 96.6 Å². The van der Waals surface area contributed by atoms with Crippen molar-refractivity contribution >= 4 is 27.5 Å². The van der Waals surface area contributed by atoms with Crippen molar-refractivity contribution in [2.45, 2.75) is 38.1 Å². The Labute approximate surface area is 169 Å². The van der Waals surface area contributed by atoms with Crippen molar-refractivity contribution in [1.29, 1.82) is 0 Å². The normalized spacial score (nSPS) is 16.3. The van der Waals surface area contributed by atoms with Gasteiger partial charge in [-0.15, -0.1) is 0 Å². The van der Waals surface area contributed by atoms with Crippen LogP contribution in [-0.4, -0.2) is 53.8 Å². The van der Waals surface area contributed by atoms with Gasteiger partial charge in [-0.3, -0.25) is 4.79 Å². The van der Waals surface area contributed by atoms with E-state index in [1.807, 2.05) is 13.8 Å². The second kappa shape index (κ2) is 8.18. The number of carbonyl (C=O) groups excluding carboxylic acids is 1. The smallest absolute Gasteiger partial charge is 0.246 e. The molecule has 0 aromatic carbocycles. The first-order valence-electron chi connectivity index (χ1n) is 8.99. The monoisotopic (exact) mass is 426 g/mol. The van der Waals surface area contributed by atoms with E-state index in [0.717, 1.165) is 11.3 Å². The predicted octanol–water partition coefficient (Wildman–Crippen LogP) is 2.40. The van der Waals surface area contributed by atoms with E-state index in [0.29, 0.717) is 25.1 Å². The number of aryl methyl sites for hydroxylation is 2. The first kappa shape index (κ1) is 20.8. The molecule has 1 aliphatic rings. The van der Waals surface area contributed by atoms with Crippen LogP contribution in [0.1, 0.15) is 29.9 Å². The molecule has 3 rings (SSSR count). The lowest BCUT2D eigenvalue weighted by molar-refractivity contribution is -0.135. The first-order valence-corrected chi connectivity index (χ1v) is 10.8. The van der Waals surface area contributed by atoms with Gasteiger partial charge in [0.25, 0.3) is 0 Å². The van der Waals surface area contributed by atoms with Gasteiger partial charge in [-0.25, -0.2) is 13.4 Å². The summed E-state index contributed by atoms with van der Waals surface area (Å²) in [5, 5.41) is 3.87. The summed E-state index contributed by atoms with van der Waals surface area (Å²) in [7, 11) is -1.98. The molecule has 28 heavy (non-hydrogen) atoms. The zero-order valence-electron chi connectivity index (χ0n) is 16.1. The van der Waals surface area contributed by atoms with Crippen LogP contribution in [0.4, 0.5) is 0 Å². The van der Waals surface area contributed by atoms with Crippen molar-refractivity contribution in [3.63, 3.8) is 0 Å². The fourth-order valence-corrected chi connectivity index (χ4v) is 5.30. The Bertz CT molecular complexity index is 948. The molecule has 8 nitrogen and oxygen atoms in total. The number of halogens is 1. The Balaban J connectivity index is 1.63. The highest BCUT2D eigenvalue weighted by Gasteiger charge is 2.34. The lowest BCUT2D eigenvalue weighted by Crippen LogP contribution is -2.43. The maximum atomic E-state index is 12.8. The third-order valence-electron chi connectivity index (χ3n) is 5.10. The molecule has 3 heterocycles. The number of rotatable bonds is 5. The van der Waals surface area contributed by atoms with Gasteiger partial charge in [0.05, 0.1) is 12.2 Å². The van der Waals surface area contributed by atoms with Crippen molar-refractivity contribution in [3.05, 3.63) is 40.5 Å². The largest absolute Gasteiger partial charge is 0.361 e. The second-order valence-electron chi connectivity index (χ2n) is 6.97. The lowest BCUT2D eigenvalue weighted by atomic mass is 9.96. The van der Waals surface area contributed by atoms with Crippen LogP contribution in [0.15, 0.2) is 27.7 Å². The summed E-state index contributed by atoms with van der Waals surface area (Å²) in [6.45, 7) is 4.62. The van der Waals surface area contributed by atoms with Gasteiger partial charge in [0.15, 0.2) is 0 Å². The highest BCUT2D eigenvalue weighted by atomic mass is 35.5. The molecule has 0 bridgehead atoms. The molecule has 152 valence electrons. The Hall–Kier alpha value is -1.97. The highest BCUT2D eigenvalue weighted by Crippen LogP contribution is 2.28. The predicted molar refractivity (Wildman–Crippen MR) is 103 cm³/mol. The van der Waals surface area contributed by atoms with Gasteiger partial charge in [0.1, 0.15) is 15.8 Å². The SMILES string of the molecule is Cc1noc(C)c1CN(C)C(=O)C1CCN(S(=O)(=O)c2cccnc2Cl)CC1. The van der Waals surface area contributed by atoms with E-state index < -0.39 is 10.0 Å². The van der Waals surface area contributed by atoms with E-state index in [-0.39, 0.29) is 35.0 Å². The van der Waals surface area contributed by atoms with Crippen LogP contribution in [0.3, 0.4) is 0 Å². The second-order valence-corrected chi connectivity index (χ2v) is 9.23. The van der Waals surface area contributed by atoms with Crippen molar-refractivity contribution < 1.29 is 17.7 Å². The molecule has 0 aliphatic carbocycles. The third kappa shape index (κ3) is 4.06. The lowest BCUT2D eigenvalue weighted by Gasteiger charge is -2.32. The van der Waals surface area contributed by atoms with Crippen molar-refractivity contribution in [3.8, 4) is 0 Å². The van der Waals surface area contributed by atoms with Crippen LogP contribution >= 0.6 is 11.6 Å². The van der Waals surface area contributed by atoms with E-state index in [9.17, 15) is 13.2 Å². The molecule has 0 unspecified atom stereocenters. The minimum absolute atomic E-state index is 0.00281. The van der Waals surface area contributed by atoms with E-state index >= 15 is 0 Å². The van der Waals surface area contributed by atoms with Crippen LogP contribution in [0.5, 0.6) is 0 Å². The van der Waals surface area contributed by atoms with Gasteiger partial charge >= 0.3 is 0 Å². The number of pyridine rings is 1. The van der Waals surface area contributed by atoms with E-state index in [4.69, 9.17) is 16.1 Å². The number of nitrogens with zero attached hydrogens (tertiary/aromatic N) is 4. The molecule has 0 radical (unpaired) electrons. The Morgan fingerprint density at radius 3 is 2.61 bits per heavy atom. The van der Waals surface area contributed by atoms with Crippen molar-refractivity contribution in [1.82, 2.24) is 19.3 Å². The quantitative estimate of drug-likeness (QED) is 0.681. The van der Waals surface area contributed by atoms with Crippen molar-refractivity contribution in [2.75, 3.05) is 20.1 Å². The van der Waals surface area contributed by atoms with E-state index in [1.165, 1.54) is 16.6 Å². The molecule has 1 amide bonds. The summed E-state index contributed by atoms with van der Waals surface area (Å²) in [4.78, 5) is 18.3. The number of sulfonamides is 1. The third-order valence-corrected chi connectivity index (χ3v) is 7.44. The number of carbonyl (C=O) groups is 1. The number of amides is 1. The van der Waals surface area contributed by atoms with E-state index in [2.05, 4.69) is 10.1 Å². The average Bonchev–Trinajstić information content (AvgIpc) is 2.99. The first-order chi connectivity index (χ1) is 13.2. The molecular formula is C18H23ClN4O4S. The number of hydrogen-bond donors (Lipinski definition) is 0. The maximum Gasteiger partial charge on any atom is 0.246 e. The molecule has 0 N–H and O–H groups in total. The number of piperidine rings is 1.